The number of hydrogen-bond acceptors (Lipinski definition) is 4. The Kier molecular flexibility index (Phi) is 4.37. The molecule has 2 heterocycles. The zero-order chi connectivity index (χ0) is 17.9. The second-order valence-corrected chi connectivity index (χ2v) is 6.16. The third-order valence-electron chi connectivity index (χ3n) is 4.00. The van der Waals surface area contributed by atoms with Gasteiger partial charge < -0.3 is 4.74 Å². The average Bonchev–Trinajstić information content (AvgIpc) is 3.11. The fourth-order valence-electron chi connectivity index (χ4n) is 2.63. The lowest BCUT2D eigenvalue weighted by molar-refractivity contribution is 0.0475. The molecule has 0 aliphatic rings. The van der Waals surface area contributed by atoms with Crippen molar-refractivity contribution in [3.8, 4) is 11.1 Å². The van der Waals surface area contributed by atoms with Crippen molar-refractivity contribution >= 4 is 23.2 Å². The standard InChI is InChI=1S/C20H14ClN3O2/c21-17-8-6-16(7-9-17)15-4-2-14(3-5-15)13-26-20(25)18-12-23-24-11-1-10-22-19(18)24/h1-12H,13H2. The van der Waals surface area contributed by atoms with Crippen molar-refractivity contribution in [3.63, 3.8) is 0 Å². The molecule has 4 rings (SSSR count). The van der Waals surface area contributed by atoms with Gasteiger partial charge in [-0.1, -0.05) is 48.0 Å². The summed E-state index contributed by atoms with van der Waals surface area (Å²) in [6.45, 7) is 0.184. The van der Waals surface area contributed by atoms with E-state index in [0.717, 1.165) is 16.7 Å². The molecule has 0 amide bonds. The largest absolute Gasteiger partial charge is 0.457 e. The molecule has 26 heavy (non-hydrogen) atoms. The van der Waals surface area contributed by atoms with E-state index < -0.39 is 5.97 Å². The number of aromatic nitrogens is 3. The minimum Gasteiger partial charge on any atom is -0.457 e. The molecule has 2 aromatic carbocycles. The number of carbonyl (C=O) groups is 1. The summed E-state index contributed by atoms with van der Waals surface area (Å²) in [5.74, 6) is -0.444. The van der Waals surface area contributed by atoms with Gasteiger partial charge in [-0.25, -0.2) is 14.3 Å². The molecule has 0 bridgehead atoms. The van der Waals surface area contributed by atoms with Crippen LogP contribution < -0.4 is 0 Å². The van der Waals surface area contributed by atoms with Gasteiger partial charge in [-0.2, -0.15) is 5.10 Å². The number of fused-ring (bicyclic) bond motifs is 1. The first-order chi connectivity index (χ1) is 12.7. The van der Waals surface area contributed by atoms with Gasteiger partial charge in [0.2, 0.25) is 0 Å². The lowest BCUT2D eigenvalue weighted by Crippen LogP contribution is -2.05. The number of benzene rings is 2. The predicted octanol–water partition coefficient (Wildman–Crippen LogP) is 4.41. The van der Waals surface area contributed by atoms with Crippen LogP contribution in [-0.4, -0.2) is 20.6 Å². The zero-order valence-corrected chi connectivity index (χ0v) is 14.4. The summed E-state index contributed by atoms with van der Waals surface area (Å²) in [7, 11) is 0. The Morgan fingerprint density at radius 1 is 1.04 bits per heavy atom. The van der Waals surface area contributed by atoms with Crippen molar-refractivity contribution in [1.82, 2.24) is 14.6 Å². The summed E-state index contributed by atoms with van der Waals surface area (Å²) in [6, 6.07) is 17.2. The third-order valence-corrected chi connectivity index (χ3v) is 4.25. The van der Waals surface area contributed by atoms with Crippen molar-refractivity contribution in [2.75, 3.05) is 0 Å². The Labute approximate surface area is 154 Å². The molecule has 0 atom stereocenters. The Bertz CT molecular complexity index is 1060. The first kappa shape index (κ1) is 16.3. The molecule has 0 aliphatic heterocycles. The van der Waals surface area contributed by atoms with Gasteiger partial charge in [0.25, 0.3) is 0 Å². The van der Waals surface area contributed by atoms with Crippen LogP contribution in [-0.2, 0) is 11.3 Å². The van der Waals surface area contributed by atoms with E-state index in [4.69, 9.17) is 16.3 Å². The molecule has 128 valence electrons. The van der Waals surface area contributed by atoms with E-state index in [1.807, 2.05) is 48.5 Å². The van der Waals surface area contributed by atoms with Crippen molar-refractivity contribution in [3.05, 3.63) is 89.3 Å². The van der Waals surface area contributed by atoms with Crippen molar-refractivity contribution in [1.29, 1.82) is 0 Å². The summed E-state index contributed by atoms with van der Waals surface area (Å²) < 4.78 is 6.93. The Morgan fingerprint density at radius 3 is 2.46 bits per heavy atom. The summed E-state index contributed by atoms with van der Waals surface area (Å²) in [5, 5.41) is 4.80. The van der Waals surface area contributed by atoms with E-state index in [-0.39, 0.29) is 6.61 Å². The minimum absolute atomic E-state index is 0.184. The van der Waals surface area contributed by atoms with Crippen molar-refractivity contribution in [2.24, 2.45) is 0 Å². The van der Waals surface area contributed by atoms with Gasteiger partial charge in [-0.05, 0) is 34.9 Å². The smallest absolute Gasteiger partial charge is 0.343 e. The Morgan fingerprint density at radius 2 is 1.73 bits per heavy atom. The van der Waals surface area contributed by atoms with E-state index in [9.17, 15) is 4.79 Å². The molecule has 2 aromatic heterocycles. The number of rotatable bonds is 4. The highest BCUT2D eigenvalue weighted by molar-refractivity contribution is 6.30. The van der Waals surface area contributed by atoms with Crippen LogP contribution in [0.15, 0.2) is 73.2 Å². The number of carbonyl (C=O) groups excluding carboxylic acids is 1. The lowest BCUT2D eigenvalue weighted by Gasteiger charge is -2.06. The average molecular weight is 364 g/mol. The monoisotopic (exact) mass is 363 g/mol. The summed E-state index contributed by atoms with van der Waals surface area (Å²) in [4.78, 5) is 16.4. The highest BCUT2D eigenvalue weighted by atomic mass is 35.5. The first-order valence-corrected chi connectivity index (χ1v) is 8.39. The highest BCUT2D eigenvalue weighted by Gasteiger charge is 2.15. The normalized spacial score (nSPS) is 10.8. The van der Waals surface area contributed by atoms with E-state index in [1.54, 1.807) is 18.5 Å². The number of ether oxygens (including phenoxy) is 1. The number of hydrogen-bond donors (Lipinski definition) is 0. The molecule has 5 nitrogen and oxygen atoms in total. The molecule has 0 saturated carbocycles. The molecule has 0 saturated heterocycles. The first-order valence-electron chi connectivity index (χ1n) is 8.01. The van der Waals surface area contributed by atoms with Gasteiger partial charge in [-0.3, -0.25) is 0 Å². The lowest BCUT2D eigenvalue weighted by atomic mass is 10.0. The van der Waals surface area contributed by atoms with Gasteiger partial charge in [-0.15, -0.1) is 0 Å². The van der Waals surface area contributed by atoms with Crippen molar-refractivity contribution < 1.29 is 9.53 Å². The molecular formula is C20H14ClN3O2. The van der Waals surface area contributed by atoms with Crippen LogP contribution in [0.4, 0.5) is 0 Å². The van der Waals surface area contributed by atoms with Gasteiger partial charge in [0.15, 0.2) is 5.65 Å². The summed E-state index contributed by atoms with van der Waals surface area (Å²) in [5.41, 5.74) is 3.89. The molecule has 0 spiro atoms. The topological polar surface area (TPSA) is 56.5 Å². The molecule has 0 fully saturated rings. The molecular weight excluding hydrogens is 350 g/mol. The van der Waals surface area contributed by atoms with E-state index in [1.165, 1.54) is 10.7 Å². The van der Waals surface area contributed by atoms with Crippen LogP contribution in [0, 0.1) is 0 Å². The number of halogens is 1. The Balaban J connectivity index is 1.44. The fraction of sp³-hybridized carbons (Fsp3) is 0.0500. The van der Waals surface area contributed by atoms with Gasteiger partial charge in [0, 0.05) is 17.4 Å². The number of esters is 1. The molecule has 0 unspecified atom stereocenters. The van der Waals surface area contributed by atoms with Crippen LogP contribution >= 0.6 is 11.6 Å². The highest BCUT2D eigenvalue weighted by Crippen LogP contribution is 2.22. The molecule has 0 N–H and O–H groups in total. The van der Waals surface area contributed by atoms with E-state index in [0.29, 0.717) is 16.2 Å². The predicted molar refractivity (Wildman–Crippen MR) is 99.0 cm³/mol. The Hall–Kier alpha value is -3.18. The SMILES string of the molecule is O=C(OCc1ccc(-c2ccc(Cl)cc2)cc1)c1cnn2cccnc12. The molecule has 0 aliphatic carbocycles. The van der Waals surface area contributed by atoms with Gasteiger partial charge >= 0.3 is 5.97 Å². The quantitative estimate of drug-likeness (QED) is 0.504. The minimum atomic E-state index is -0.444. The maximum Gasteiger partial charge on any atom is 0.343 e. The van der Waals surface area contributed by atoms with Gasteiger partial charge in [0.1, 0.15) is 12.2 Å². The third kappa shape index (κ3) is 3.30. The van der Waals surface area contributed by atoms with Crippen LogP contribution in [0.1, 0.15) is 15.9 Å². The van der Waals surface area contributed by atoms with Gasteiger partial charge in [0.05, 0.1) is 6.20 Å². The van der Waals surface area contributed by atoms with Crippen molar-refractivity contribution in [2.45, 2.75) is 6.61 Å². The van der Waals surface area contributed by atoms with Crippen LogP contribution in [0.25, 0.3) is 16.8 Å². The van der Waals surface area contributed by atoms with E-state index in [2.05, 4.69) is 10.1 Å². The van der Waals surface area contributed by atoms with Crippen LogP contribution in [0.3, 0.4) is 0 Å². The maximum atomic E-state index is 12.3. The second-order valence-electron chi connectivity index (χ2n) is 5.73. The zero-order valence-electron chi connectivity index (χ0n) is 13.7. The van der Waals surface area contributed by atoms with Crippen LogP contribution in [0.2, 0.25) is 5.02 Å². The van der Waals surface area contributed by atoms with E-state index >= 15 is 0 Å². The maximum absolute atomic E-state index is 12.3. The fourth-order valence-corrected chi connectivity index (χ4v) is 2.76. The summed E-state index contributed by atoms with van der Waals surface area (Å²) >= 11 is 5.92. The number of nitrogens with zero attached hydrogens (tertiary/aromatic N) is 3. The van der Waals surface area contributed by atoms with Crippen LogP contribution in [0.5, 0.6) is 0 Å². The molecule has 0 radical (unpaired) electrons. The second kappa shape index (κ2) is 6.98. The molecule has 4 aromatic rings. The summed E-state index contributed by atoms with van der Waals surface area (Å²) in [6.07, 6.45) is 4.81. The molecule has 6 heteroatoms.